The lowest BCUT2D eigenvalue weighted by molar-refractivity contribution is 0.414. The summed E-state index contributed by atoms with van der Waals surface area (Å²) in [7, 11) is 0. The van der Waals surface area contributed by atoms with Crippen LogP contribution in [-0.4, -0.2) is 9.78 Å². The summed E-state index contributed by atoms with van der Waals surface area (Å²) in [5.41, 5.74) is 5.75. The first-order chi connectivity index (χ1) is 5.79. The average Bonchev–Trinajstić information content (AvgIpc) is 2.47. The number of nitrogen functional groups attached to an aromatic ring is 1. The van der Waals surface area contributed by atoms with Gasteiger partial charge in [0.2, 0.25) is 0 Å². The van der Waals surface area contributed by atoms with Crippen LogP contribution in [0.2, 0.25) is 0 Å². The Bertz CT molecular complexity index is 229. The van der Waals surface area contributed by atoms with Crippen LogP contribution in [0.25, 0.3) is 0 Å². The largest absolute Gasteiger partial charge is 0.384 e. The molecule has 0 aliphatic heterocycles. The van der Waals surface area contributed by atoms with Crippen LogP contribution in [0, 0.1) is 0 Å². The second kappa shape index (κ2) is 4.14. The number of anilines is 1. The number of hydrogen-bond donors (Lipinski definition) is 1. The van der Waals surface area contributed by atoms with E-state index in [0.717, 1.165) is 18.7 Å². The number of nitrogens with zero attached hydrogens (tertiary/aromatic N) is 2. The summed E-state index contributed by atoms with van der Waals surface area (Å²) < 4.78 is 1.92. The van der Waals surface area contributed by atoms with Gasteiger partial charge >= 0.3 is 0 Å². The van der Waals surface area contributed by atoms with Gasteiger partial charge in [-0.05, 0) is 18.9 Å². The fraction of sp³-hybridized carbons (Fsp3) is 0.667. The van der Waals surface area contributed by atoms with Gasteiger partial charge in [-0.2, -0.15) is 5.10 Å². The van der Waals surface area contributed by atoms with E-state index in [1.54, 1.807) is 6.20 Å². The molecule has 0 aliphatic rings. The Kier molecular flexibility index (Phi) is 3.14. The first kappa shape index (κ1) is 9.10. The van der Waals surface area contributed by atoms with Gasteiger partial charge < -0.3 is 5.73 Å². The molecule has 1 aromatic rings. The number of rotatable bonds is 4. The molecule has 0 aromatic carbocycles. The molecule has 0 fully saturated rings. The Balaban J connectivity index is 2.72. The van der Waals surface area contributed by atoms with E-state index in [0.29, 0.717) is 6.04 Å². The lowest BCUT2D eigenvalue weighted by Gasteiger charge is -2.15. The molecule has 0 aliphatic carbocycles. The van der Waals surface area contributed by atoms with Crippen LogP contribution in [-0.2, 0) is 0 Å². The van der Waals surface area contributed by atoms with Gasteiger partial charge in [0, 0.05) is 0 Å². The van der Waals surface area contributed by atoms with E-state index in [1.807, 2.05) is 10.7 Å². The molecule has 0 bridgehead atoms. The zero-order valence-corrected chi connectivity index (χ0v) is 7.83. The molecule has 3 heteroatoms. The van der Waals surface area contributed by atoms with Crippen molar-refractivity contribution in [2.45, 2.75) is 39.2 Å². The highest BCUT2D eigenvalue weighted by atomic mass is 15.3. The Morgan fingerprint density at radius 1 is 1.58 bits per heavy atom. The fourth-order valence-electron chi connectivity index (χ4n) is 1.46. The van der Waals surface area contributed by atoms with E-state index in [1.165, 1.54) is 6.42 Å². The third-order valence-corrected chi connectivity index (χ3v) is 2.14. The van der Waals surface area contributed by atoms with Crippen molar-refractivity contribution in [1.29, 1.82) is 0 Å². The SMILES string of the molecule is CCCC(CC)n1nccc1N. The zero-order chi connectivity index (χ0) is 8.97. The second-order valence-corrected chi connectivity index (χ2v) is 3.05. The molecule has 3 nitrogen and oxygen atoms in total. The van der Waals surface area contributed by atoms with Gasteiger partial charge in [0.05, 0.1) is 12.2 Å². The molecule has 1 unspecified atom stereocenters. The van der Waals surface area contributed by atoms with Gasteiger partial charge in [-0.3, -0.25) is 0 Å². The van der Waals surface area contributed by atoms with Crippen molar-refractivity contribution in [2.24, 2.45) is 0 Å². The van der Waals surface area contributed by atoms with Crippen LogP contribution >= 0.6 is 0 Å². The van der Waals surface area contributed by atoms with Gasteiger partial charge in [0.1, 0.15) is 5.82 Å². The predicted octanol–water partition coefficient (Wildman–Crippen LogP) is 2.22. The molecular formula is C9H17N3. The van der Waals surface area contributed by atoms with Crippen molar-refractivity contribution >= 4 is 5.82 Å². The van der Waals surface area contributed by atoms with Crippen molar-refractivity contribution in [3.8, 4) is 0 Å². The highest BCUT2D eigenvalue weighted by Crippen LogP contribution is 2.19. The van der Waals surface area contributed by atoms with Gasteiger partial charge in [-0.1, -0.05) is 20.3 Å². The van der Waals surface area contributed by atoms with Gasteiger partial charge in [-0.15, -0.1) is 0 Å². The Morgan fingerprint density at radius 2 is 2.33 bits per heavy atom. The van der Waals surface area contributed by atoms with E-state index in [-0.39, 0.29) is 0 Å². The highest BCUT2D eigenvalue weighted by molar-refractivity contribution is 5.26. The topological polar surface area (TPSA) is 43.8 Å². The molecular weight excluding hydrogens is 150 g/mol. The maximum Gasteiger partial charge on any atom is 0.121 e. The Labute approximate surface area is 73.6 Å². The first-order valence-electron chi connectivity index (χ1n) is 4.58. The third kappa shape index (κ3) is 1.78. The Morgan fingerprint density at radius 3 is 2.75 bits per heavy atom. The Hall–Kier alpha value is -0.990. The van der Waals surface area contributed by atoms with E-state index in [4.69, 9.17) is 5.73 Å². The molecule has 1 atom stereocenters. The van der Waals surface area contributed by atoms with Crippen LogP contribution in [0.3, 0.4) is 0 Å². The highest BCUT2D eigenvalue weighted by Gasteiger charge is 2.09. The normalized spacial score (nSPS) is 13.2. The van der Waals surface area contributed by atoms with E-state index < -0.39 is 0 Å². The predicted molar refractivity (Wildman–Crippen MR) is 50.9 cm³/mol. The van der Waals surface area contributed by atoms with Crippen molar-refractivity contribution in [2.75, 3.05) is 5.73 Å². The first-order valence-corrected chi connectivity index (χ1v) is 4.58. The maximum atomic E-state index is 5.75. The standard InChI is InChI=1S/C9H17N3/c1-3-5-8(4-2)12-9(10)6-7-11-12/h6-8H,3-5,10H2,1-2H3. The van der Waals surface area contributed by atoms with Crippen molar-refractivity contribution < 1.29 is 0 Å². The van der Waals surface area contributed by atoms with E-state index in [9.17, 15) is 0 Å². The summed E-state index contributed by atoms with van der Waals surface area (Å²) in [5, 5.41) is 4.20. The summed E-state index contributed by atoms with van der Waals surface area (Å²) in [6.07, 6.45) is 5.19. The van der Waals surface area contributed by atoms with Gasteiger partial charge in [0.25, 0.3) is 0 Å². The minimum atomic E-state index is 0.477. The molecule has 1 heterocycles. The minimum Gasteiger partial charge on any atom is -0.384 e. The lowest BCUT2D eigenvalue weighted by atomic mass is 10.1. The van der Waals surface area contributed by atoms with Gasteiger partial charge in [0.15, 0.2) is 0 Å². The van der Waals surface area contributed by atoms with Crippen molar-refractivity contribution in [3.63, 3.8) is 0 Å². The molecule has 0 amide bonds. The summed E-state index contributed by atoms with van der Waals surface area (Å²) in [6, 6.07) is 2.32. The molecule has 0 saturated heterocycles. The molecule has 0 spiro atoms. The van der Waals surface area contributed by atoms with E-state index in [2.05, 4.69) is 18.9 Å². The molecule has 1 aromatic heterocycles. The van der Waals surface area contributed by atoms with Crippen molar-refractivity contribution in [1.82, 2.24) is 9.78 Å². The molecule has 0 radical (unpaired) electrons. The number of hydrogen-bond acceptors (Lipinski definition) is 2. The van der Waals surface area contributed by atoms with Crippen LogP contribution in [0.5, 0.6) is 0 Å². The molecule has 1 rings (SSSR count). The number of aromatic nitrogens is 2. The van der Waals surface area contributed by atoms with Gasteiger partial charge in [-0.25, -0.2) is 4.68 Å². The monoisotopic (exact) mass is 167 g/mol. The van der Waals surface area contributed by atoms with E-state index >= 15 is 0 Å². The second-order valence-electron chi connectivity index (χ2n) is 3.05. The summed E-state index contributed by atoms with van der Waals surface area (Å²) in [4.78, 5) is 0. The summed E-state index contributed by atoms with van der Waals surface area (Å²) >= 11 is 0. The molecule has 68 valence electrons. The molecule has 0 saturated carbocycles. The van der Waals surface area contributed by atoms with Crippen molar-refractivity contribution in [3.05, 3.63) is 12.3 Å². The molecule has 12 heavy (non-hydrogen) atoms. The maximum absolute atomic E-state index is 5.75. The lowest BCUT2D eigenvalue weighted by Crippen LogP contribution is -2.12. The van der Waals surface area contributed by atoms with Crippen LogP contribution < -0.4 is 5.73 Å². The van der Waals surface area contributed by atoms with Crippen LogP contribution in [0.1, 0.15) is 39.2 Å². The zero-order valence-electron chi connectivity index (χ0n) is 7.83. The summed E-state index contributed by atoms with van der Waals surface area (Å²) in [5.74, 6) is 0.773. The average molecular weight is 167 g/mol. The third-order valence-electron chi connectivity index (χ3n) is 2.14. The summed E-state index contributed by atoms with van der Waals surface area (Å²) in [6.45, 7) is 4.35. The quantitative estimate of drug-likeness (QED) is 0.747. The fourth-order valence-corrected chi connectivity index (χ4v) is 1.46. The smallest absolute Gasteiger partial charge is 0.121 e. The minimum absolute atomic E-state index is 0.477. The van der Waals surface area contributed by atoms with Crippen LogP contribution in [0.4, 0.5) is 5.82 Å². The molecule has 2 N–H and O–H groups in total. The number of nitrogens with two attached hydrogens (primary N) is 1. The van der Waals surface area contributed by atoms with Crippen LogP contribution in [0.15, 0.2) is 12.3 Å².